The quantitative estimate of drug-likeness (QED) is 0.732. The van der Waals surface area contributed by atoms with Gasteiger partial charge in [0.1, 0.15) is 0 Å². The van der Waals surface area contributed by atoms with E-state index in [0.717, 1.165) is 13.0 Å². The molecule has 2 N–H and O–H groups in total. The molecule has 1 saturated carbocycles. The molecule has 0 bridgehead atoms. The summed E-state index contributed by atoms with van der Waals surface area (Å²) >= 11 is 0. The molecule has 0 heterocycles. The highest BCUT2D eigenvalue weighted by atomic mass is 35.5. The van der Waals surface area contributed by atoms with E-state index in [1.807, 2.05) is 17.9 Å². The highest BCUT2D eigenvalue weighted by Gasteiger charge is 2.20. The zero-order valence-corrected chi connectivity index (χ0v) is 13.0. The average Bonchev–Trinajstić information content (AvgIpc) is 2.36. The van der Waals surface area contributed by atoms with Crippen LogP contribution < -0.4 is 5.73 Å². The van der Waals surface area contributed by atoms with E-state index in [-0.39, 0.29) is 24.4 Å². The first-order valence-electron chi connectivity index (χ1n) is 7.27. The molecule has 19 heavy (non-hydrogen) atoms. The van der Waals surface area contributed by atoms with Gasteiger partial charge in [0.25, 0.3) is 0 Å². The van der Waals surface area contributed by atoms with Gasteiger partial charge in [-0.15, -0.1) is 19.0 Å². The highest BCUT2D eigenvalue weighted by Crippen LogP contribution is 2.24. The van der Waals surface area contributed by atoms with Crippen molar-refractivity contribution in [3.63, 3.8) is 0 Å². The van der Waals surface area contributed by atoms with Crippen LogP contribution in [-0.4, -0.2) is 29.9 Å². The van der Waals surface area contributed by atoms with E-state index in [9.17, 15) is 4.79 Å². The van der Waals surface area contributed by atoms with Gasteiger partial charge < -0.3 is 10.6 Å². The molecular formula is C15H29ClN2O. The summed E-state index contributed by atoms with van der Waals surface area (Å²) in [7, 11) is 0. The third kappa shape index (κ3) is 7.58. The van der Waals surface area contributed by atoms with Gasteiger partial charge in [-0.1, -0.05) is 25.3 Å². The third-order valence-electron chi connectivity index (χ3n) is 3.72. The van der Waals surface area contributed by atoms with Crippen molar-refractivity contribution >= 4 is 18.3 Å². The number of amides is 1. The van der Waals surface area contributed by atoms with Crippen LogP contribution in [0.25, 0.3) is 0 Å². The van der Waals surface area contributed by atoms with E-state index in [1.54, 1.807) is 0 Å². The van der Waals surface area contributed by atoms with Gasteiger partial charge in [0, 0.05) is 25.6 Å². The Kier molecular flexibility index (Phi) is 9.98. The largest absolute Gasteiger partial charge is 0.339 e. The van der Waals surface area contributed by atoms with E-state index >= 15 is 0 Å². The molecule has 0 aromatic carbocycles. The van der Waals surface area contributed by atoms with Gasteiger partial charge in [0.05, 0.1) is 0 Å². The summed E-state index contributed by atoms with van der Waals surface area (Å²) < 4.78 is 0. The smallest absolute Gasteiger partial charge is 0.222 e. The van der Waals surface area contributed by atoms with Crippen molar-refractivity contribution in [2.45, 2.75) is 57.9 Å². The minimum Gasteiger partial charge on any atom is -0.339 e. The Hall–Kier alpha value is -0.540. The SMILES string of the molecule is C=CCN(CC1CCCCC1)C(=O)CCC(C)N.Cl. The Morgan fingerprint density at radius 2 is 2.05 bits per heavy atom. The number of hydrogen-bond donors (Lipinski definition) is 1. The third-order valence-corrected chi connectivity index (χ3v) is 3.72. The van der Waals surface area contributed by atoms with Crippen molar-refractivity contribution in [1.29, 1.82) is 0 Å². The molecule has 1 fully saturated rings. The van der Waals surface area contributed by atoms with E-state index in [0.29, 0.717) is 18.9 Å². The number of hydrogen-bond acceptors (Lipinski definition) is 2. The molecule has 0 aromatic heterocycles. The maximum Gasteiger partial charge on any atom is 0.222 e. The lowest BCUT2D eigenvalue weighted by Crippen LogP contribution is -2.36. The zero-order valence-electron chi connectivity index (χ0n) is 12.1. The van der Waals surface area contributed by atoms with Crippen molar-refractivity contribution in [3.8, 4) is 0 Å². The zero-order chi connectivity index (χ0) is 13.4. The molecule has 1 rings (SSSR count). The predicted octanol–water partition coefficient (Wildman–Crippen LogP) is 3.13. The number of halogens is 1. The van der Waals surface area contributed by atoms with Gasteiger partial charge in [-0.05, 0) is 32.1 Å². The Bertz CT molecular complexity index is 263. The molecule has 1 amide bonds. The normalized spacial score (nSPS) is 17.4. The Morgan fingerprint density at radius 1 is 1.42 bits per heavy atom. The average molecular weight is 289 g/mol. The lowest BCUT2D eigenvalue weighted by molar-refractivity contribution is -0.131. The molecule has 0 radical (unpaired) electrons. The molecule has 0 saturated heterocycles. The molecular weight excluding hydrogens is 260 g/mol. The van der Waals surface area contributed by atoms with Crippen LogP contribution in [-0.2, 0) is 4.79 Å². The summed E-state index contributed by atoms with van der Waals surface area (Å²) in [6, 6.07) is 0.106. The molecule has 4 heteroatoms. The topological polar surface area (TPSA) is 46.3 Å². The second-order valence-corrected chi connectivity index (χ2v) is 5.61. The maximum atomic E-state index is 12.1. The molecule has 112 valence electrons. The fourth-order valence-electron chi connectivity index (χ4n) is 2.62. The second kappa shape index (κ2) is 10.3. The molecule has 0 aliphatic heterocycles. The minimum atomic E-state index is 0. The molecule has 1 aliphatic carbocycles. The summed E-state index contributed by atoms with van der Waals surface area (Å²) in [6.07, 6.45) is 9.71. The minimum absolute atomic E-state index is 0. The van der Waals surface area contributed by atoms with Crippen LogP contribution in [0.2, 0.25) is 0 Å². The second-order valence-electron chi connectivity index (χ2n) is 5.61. The van der Waals surface area contributed by atoms with Crippen molar-refractivity contribution in [3.05, 3.63) is 12.7 Å². The van der Waals surface area contributed by atoms with Gasteiger partial charge in [-0.25, -0.2) is 0 Å². The van der Waals surface area contributed by atoms with Crippen molar-refractivity contribution in [2.24, 2.45) is 11.7 Å². The Labute approximate surface area is 124 Å². The summed E-state index contributed by atoms with van der Waals surface area (Å²) in [5.41, 5.74) is 5.71. The van der Waals surface area contributed by atoms with Crippen molar-refractivity contribution in [1.82, 2.24) is 4.90 Å². The van der Waals surface area contributed by atoms with E-state index < -0.39 is 0 Å². The fourth-order valence-corrected chi connectivity index (χ4v) is 2.62. The molecule has 1 aliphatic rings. The summed E-state index contributed by atoms with van der Waals surface area (Å²) in [5, 5.41) is 0. The fraction of sp³-hybridized carbons (Fsp3) is 0.800. The highest BCUT2D eigenvalue weighted by molar-refractivity contribution is 5.85. The molecule has 0 spiro atoms. The van der Waals surface area contributed by atoms with Crippen molar-refractivity contribution < 1.29 is 4.79 Å². The standard InChI is InChI=1S/C15H28N2O.ClH/c1-3-11-17(15(18)10-9-13(2)16)12-14-7-5-4-6-8-14;/h3,13-14H,1,4-12,16H2,2H3;1H. The van der Waals surface area contributed by atoms with Gasteiger partial charge >= 0.3 is 0 Å². The van der Waals surface area contributed by atoms with Crippen LogP contribution in [0.1, 0.15) is 51.9 Å². The molecule has 3 nitrogen and oxygen atoms in total. The van der Waals surface area contributed by atoms with Crippen LogP contribution in [0.3, 0.4) is 0 Å². The number of nitrogens with zero attached hydrogens (tertiary/aromatic N) is 1. The van der Waals surface area contributed by atoms with Gasteiger partial charge in [-0.3, -0.25) is 4.79 Å². The van der Waals surface area contributed by atoms with E-state index in [4.69, 9.17) is 5.73 Å². The van der Waals surface area contributed by atoms with Crippen LogP contribution in [0.15, 0.2) is 12.7 Å². The Balaban J connectivity index is 0.00000324. The van der Waals surface area contributed by atoms with Crippen LogP contribution in [0.4, 0.5) is 0 Å². The molecule has 1 atom stereocenters. The number of carbonyl (C=O) groups is 1. The first kappa shape index (κ1) is 18.5. The van der Waals surface area contributed by atoms with Crippen LogP contribution >= 0.6 is 12.4 Å². The van der Waals surface area contributed by atoms with Crippen LogP contribution in [0.5, 0.6) is 0 Å². The first-order valence-corrected chi connectivity index (χ1v) is 7.27. The lowest BCUT2D eigenvalue weighted by Gasteiger charge is -2.29. The van der Waals surface area contributed by atoms with Crippen molar-refractivity contribution in [2.75, 3.05) is 13.1 Å². The Morgan fingerprint density at radius 3 is 2.58 bits per heavy atom. The predicted molar refractivity (Wildman–Crippen MR) is 83.5 cm³/mol. The maximum absolute atomic E-state index is 12.1. The summed E-state index contributed by atoms with van der Waals surface area (Å²) in [4.78, 5) is 14.1. The van der Waals surface area contributed by atoms with Gasteiger partial charge in [0.2, 0.25) is 5.91 Å². The van der Waals surface area contributed by atoms with E-state index in [1.165, 1.54) is 32.1 Å². The number of nitrogens with two attached hydrogens (primary N) is 1. The van der Waals surface area contributed by atoms with Gasteiger partial charge in [0.15, 0.2) is 0 Å². The van der Waals surface area contributed by atoms with E-state index in [2.05, 4.69) is 6.58 Å². The number of carbonyl (C=O) groups excluding carboxylic acids is 1. The lowest BCUT2D eigenvalue weighted by atomic mass is 9.89. The monoisotopic (exact) mass is 288 g/mol. The summed E-state index contributed by atoms with van der Waals surface area (Å²) in [5.74, 6) is 0.927. The number of rotatable bonds is 7. The first-order chi connectivity index (χ1) is 8.63. The summed E-state index contributed by atoms with van der Waals surface area (Å²) in [6.45, 7) is 7.28. The molecule has 1 unspecified atom stereocenters. The van der Waals surface area contributed by atoms with Gasteiger partial charge in [-0.2, -0.15) is 0 Å². The molecule has 0 aromatic rings. The van der Waals surface area contributed by atoms with Crippen LogP contribution in [0, 0.1) is 5.92 Å².